The molecular weight excluding hydrogens is 376 g/mol. The maximum Gasteiger partial charge on any atom is 0.339 e. The molecule has 0 saturated carbocycles. The van der Waals surface area contributed by atoms with Crippen molar-refractivity contribution in [3.8, 4) is 11.5 Å². The van der Waals surface area contributed by atoms with E-state index in [1.807, 2.05) is 0 Å². The molecule has 0 saturated heterocycles. The van der Waals surface area contributed by atoms with Gasteiger partial charge in [0.05, 0.1) is 9.79 Å². The summed E-state index contributed by atoms with van der Waals surface area (Å²) in [6, 6.07) is 10.4. The monoisotopic (exact) mass is 394 g/mol. The fourth-order valence-corrected chi connectivity index (χ4v) is 3.35. The van der Waals surface area contributed by atoms with Gasteiger partial charge < -0.3 is 19.7 Å². The molecule has 2 aromatic rings. The molecule has 8 nitrogen and oxygen atoms in total. The summed E-state index contributed by atoms with van der Waals surface area (Å²) >= 11 is 0. The van der Waals surface area contributed by atoms with Crippen molar-refractivity contribution < 1.29 is 37.7 Å². The second-order valence-electron chi connectivity index (χ2n) is 5.53. The fourth-order valence-electron chi connectivity index (χ4n) is 2.18. The van der Waals surface area contributed by atoms with Gasteiger partial charge in [0.15, 0.2) is 0 Å². The van der Waals surface area contributed by atoms with Crippen LogP contribution in [-0.4, -0.2) is 36.9 Å². The van der Waals surface area contributed by atoms with Crippen LogP contribution in [0.5, 0.6) is 11.5 Å². The molecule has 0 spiro atoms. The number of aromatic carboxylic acids is 1. The Morgan fingerprint density at radius 2 is 1.74 bits per heavy atom. The van der Waals surface area contributed by atoms with E-state index in [9.17, 15) is 23.1 Å². The van der Waals surface area contributed by atoms with E-state index < -0.39 is 33.8 Å². The van der Waals surface area contributed by atoms with Gasteiger partial charge in [0.2, 0.25) is 16.1 Å². The molecule has 1 unspecified atom stereocenters. The first kappa shape index (κ1) is 20.2. The molecule has 0 radical (unpaired) electrons. The Balaban J connectivity index is 0.000000239. The first-order valence-electron chi connectivity index (χ1n) is 7.90. The Kier molecular flexibility index (Phi) is 6.06. The minimum Gasteiger partial charge on any atom is -0.507 e. The van der Waals surface area contributed by atoms with Crippen LogP contribution in [0.25, 0.3) is 0 Å². The third-order valence-corrected chi connectivity index (χ3v) is 5.27. The van der Waals surface area contributed by atoms with Crippen LogP contribution in [0.15, 0.2) is 52.3 Å². The first-order chi connectivity index (χ1) is 12.6. The predicted molar refractivity (Wildman–Crippen MR) is 93.4 cm³/mol. The number of fused-ring (bicyclic) bond motifs is 2. The number of esters is 1. The summed E-state index contributed by atoms with van der Waals surface area (Å²) < 4.78 is 31.8. The van der Waals surface area contributed by atoms with E-state index in [0.29, 0.717) is 16.2 Å². The lowest BCUT2D eigenvalue weighted by Crippen LogP contribution is -2.22. The summed E-state index contributed by atoms with van der Waals surface area (Å²) in [5, 5.41) is 18.2. The third kappa shape index (κ3) is 4.76. The molecule has 0 fully saturated rings. The lowest BCUT2D eigenvalue weighted by molar-refractivity contribution is -0.161. The van der Waals surface area contributed by atoms with Crippen LogP contribution in [-0.2, 0) is 19.4 Å². The van der Waals surface area contributed by atoms with E-state index in [1.54, 1.807) is 31.2 Å². The molecule has 2 heterocycles. The van der Waals surface area contributed by atoms with Crippen molar-refractivity contribution in [1.29, 1.82) is 0 Å². The number of rotatable bonds is 5. The van der Waals surface area contributed by atoms with Crippen molar-refractivity contribution in [2.75, 3.05) is 0 Å². The molecule has 2 aliphatic rings. The lowest BCUT2D eigenvalue weighted by atomic mass is 10.2. The van der Waals surface area contributed by atoms with E-state index in [-0.39, 0.29) is 11.3 Å². The van der Waals surface area contributed by atoms with Crippen molar-refractivity contribution in [3.63, 3.8) is 0 Å². The number of hydrogen-bond donors (Lipinski definition) is 2. The molecule has 9 heteroatoms. The van der Waals surface area contributed by atoms with Crippen LogP contribution in [0.4, 0.5) is 0 Å². The molecule has 27 heavy (non-hydrogen) atoms. The Morgan fingerprint density at radius 1 is 1.11 bits per heavy atom. The molecule has 2 aromatic carbocycles. The van der Waals surface area contributed by atoms with Gasteiger partial charge in [0.1, 0.15) is 17.1 Å². The van der Waals surface area contributed by atoms with Crippen LogP contribution in [0, 0.1) is 0 Å². The third-order valence-electron chi connectivity index (χ3n) is 3.52. The van der Waals surface area contributed by atoms with Crippen LogP contribution < -0.4 is 4.74 Å². The summed E-state index contributed by atoms with van der Waals surface area (Å²) in [7, 11) is -2.93. The van der Waals surface area contributed by atoms with Gasteiger partial charge in [-0.05, 0) is 30.3 Å². The summed E-state index contributed by atoms with van der Waals surface area (Å²) in [6.07, 6.45) is -0.335. The predicted octanol–water partition coefficient (Wildman–Crippen LogP) is 2.60. The number of carbonyl (C=O) groups is 2. The largest absolute Gasteiger partial charge is 0.507 e. The van der Waals surface area contributed by atoms with Gasteiger partial charge in [-0.3, -0.25) is 4.79 Å². The zero-order chi connectivity index (χ0) is 20.2. The topological polar surface area (TPSA) is 127 Å². The highest BCUT2D eigenvalue weighted by Crippen LogP contribution is 2.30. The average molecular weight is 394 g/mol. The summed E-state index contributed by atoms with van der Waals surface area (Å²) in [4.78, 5) is 22.4. The molecule has 1 atom stereocenters. The van der Waals surface area contributed by atoms with Gasteiger partial charge >= 0.3 is 11.9 Å². The summed E-state index contributed by atoms with van der Waals surface area (Å²) in [5.74, 6) is -1.89. The minimum atomic E-state index is -2.93. The standard InChI is InChI=1S/C12H14O6.C6H4O2S/c1-3-11(17-7(2)13)18-8-4-5-9(12(15)16)10(14)6-8;7-9(8)5-2-1-3-6(9)4-5/h4-6,11,14H,3H2,1-2H3,(H,15,16);1-4H. The second-order valence-corrected chi connectivity index (χ2v) is 7.48. The molecule has 144 valence electrons. The van der Waals surface area contributed by atoms with Gasteiger partial charge in [-0.25, -0.2) is 13.2 Å². The number of ether oxygens (including phenoxy) is 2. The minimum absolute atomic E-state index is 0.220. The SMILES string of the molecule is CCC(OC(C)=O)Oc1ccc(C(=O)O)c(O)c1.O=S1(=O)c2cccc1c2. The zero-order valence-electron chi connectivity index (χ0n) is 14.6. The highest BCUT2D eigenvalue weighted by atomic mass is 32.2. The van der Waals surface area contributed by atoms with Crippen LogP contribution >= 0.6 is 0 Å². The number of benzene rings is 2. The highest BCUT2D eigenvalue weighted by molar-refractivity contribution is 7.92. The molecule has 2 N–H and O–H groups in total. The average Bonchev–Trinajstić information content (AvgIpc) is 2.61. The van der Waals surface area contributed by atoms with E-state index in [4.69, 9.17) is 14.6 Å². The number of carboxylic acids is 1. The Morgan fingerprint density at radius 3 is 2.11 bits per heavy atom. The number of carboxylic acid groups (broad SMARTS) is 1. The Labute approximate surface area is 155 Å². The summed E-state index contributed by atoms with van der Waals surface area (Å²) in [5.41, 5.74) is -0.220. The first-order valence-corrected chi connectivity index (χ1v) is 9.38. The fraction of sp³-hybridized carbons (Fsp3) is 0.222. The molecule has 2 bridgehead atoms. The lowest BCUT2D eigenvalue weighted by Gasteiger charge is -2.17. The van der Waals surface area contributed by atoms with Crippen LogP contribution in [0.2, 0.25) is 0 Å². The van der Waals surface area contributed by atoms with Gasteiger partial charge in [0, 0.05) is 19.4 Å². The molecule has 0 aliphatic carbocycles. The van der Waals surface area contributed by atoms with E-state index in [1.165, 1.54) is 19.1 Å². The number of hydrogen-bond acceptors (Lipinski definition) is 7. The van der Waals surface area contributed by atoms with E-state index in [0.717, 1.165) is 6.07 Å². The quantitative estimate of drug-likeness (QED) is 0.499. The smallest absolute Gasteiger partial charge is 0.339 e. The van der Waals surface area contributed by atoms with Crippen molar-refractivity contribution >= 4 is 21.8 Å². The van der Waals surface area contributed by atoms with Crippen LogP contribution in [0.1, 0.15) is 30.6 Å². The molecule has 0 aromatic heterocycles. The van der Waals surface area contributed by atoms with Crippen LogP contribution in [0.3, 0.4) is 0 Å². The second kappa shape index (κ2) is 8.09. The van der Waals surface area contributed by atoms with Gasteiger partial charge in [-0.1, -0.05) is 13.0 Å². The molecule has 2 aliphatic heterocycles. The Hall–Kier alpha value is -3.07. The molecular formula is C18H18O8S. The van der Waals surface area contributed by atoms with Crippen molar-refractivity contribution in [2.45, 2.75) is 36.3 Å². The van der Waals surface area contributed by atoms with Gasteiger partial charge in [-0.2, -0.15) is 0 Å². The van der Waals surface area contributed by atoms with E-state index >= 15 is 0 Å². The summed E-state index contributed by atoms with van der Waals surface area (Å²) in [6.45, 7) is 3.02. The zero-order valence-corrected chi connectivity index (χ0v) is 15.4. The number of sulfone groups is 1. The van der Waals surface area contributed by atoms with Crippen molar-refractivity contribution in [1.82, 2.24) is 0 Å². The van der Waals surface area contributed by atoms with Gasteiger partial charge in [0.25, 0.3) is 0 Å². The molecule has 4 rings (SSSR count). The van der Waals surface area contributed by atoms with E-state index in [2.05, 4.69) is 0 Å². The molecule has 0 amide bonds. The van der Waals surface area contributed by atoms with Crippen molar-refractivity contribution in [2.24, 2.45) is 0 Å². The van der Waals surface area contributed by atoms with Crippen molar-refractivity contribution in [3.05, 3.63) is 48.0 Å². The van der Waals surface area contributed by atoms with Gasteiger partial charge in [-0.15, -0.1) is 0 Å². The normalized spacial score (nSPS) is 14.0. The Bertz CT molecular complexity index is 932. The maximum atomic E-state index is 10.8. The maximum absolute atomic E-state index is 10.8. The number of phenols is 1. The number of carbonyl (C=O) groups excluding carboxylic acids is 1. The number of aromatic hydroxyl groups is 1. The highest BCUT2D eigenvalue weighted by Gasteiger charge is 2.26.